The molecule has 0 aliphatic heterocycles. The molecule has 0 saturated carbocycles. The second kappa shape index (κ2) is 4.58. The first-order valence-corrected chi connectivity index (χ1v) is 5.71. The molecule has 1 N–H and O–H groups in total. The third kappa shape index (κ3) is 2.10. The highest BCUT2D eigenvalue weighted by Crippen LogP contribution is 2.18. The van der Waals surface area contributed by atoms with Crippen molar-refractivity contribution in [2.75, 3.05) is 5.32 Å². The van der Waals surface area contributed by atoms with Crippen LogP contribution >= 0.6 is 11.6 Å². The van der Waals surface area contributed by atoms with Crippen LogP contribution in [0.3, 0.4) is 0 Å². The summed E-state index contributed by atoms with van der Waals surface area (Å²) in [6.45, 7) is 0.587. The number of nitrogens with zero attached hydrogens (tertiary/aromatic N) is 5. The Balaban J connectivity index is 1.88. The number of hydrogen-bond donors (Lipinski definition) is 1. The lowest BCUT2D eigenvalue weighted by Gasteiger charge is -2.06. The van der Waals surface area contributed by atoms with Gasteiger partial charge in [-0.25, -0.2) is 0 Å². The van der Waals surface area contributed by atoms with Crippen LogP contribution in [-0.2, 0) is 6.54 Å². The smallest absolute Gasteiger partial charge is 0.200 e. The molecule has 0 unspecified atom stereocenters. The van der Waals surface area contributed by atoms with Crippen LogP contribution in [0.4, 0.5) is 5.69 Å². The zero-order valence-electron chi connectivity index (χ0n) is 9.29. The Hall–Kier alpha value is -2.21. The van der Waals surface area contributed by atoms with Gasteiger partial charge in [-0.2, -0.15) is 9.61 Å². The first kappa shape index (κ1) is 10.9. The molecule has 3 aromatic rings. The van der Waals surface area contributed by atoms with E-state index in [0.29, 0.717) is 17.3 Å². The summed E-state index contributed by atoms with van der Waals surface area (Å²) < 4.78 is 1.53. The summed E-state index contributed by atoms with van der Waals surface area (Å²) in [6.07, 6.45) is 3.26. The standard InChI is InChI=1S/C11H9ClN6/c12-10-5-9(11-16-15-7-18(11)17-10)14-6-8-3-1-2-4-13-8/h1-5,7,14H,6H2. The van der Waals surface area contributed by atoms with Gasteiger partial charge >= 0.3 is 0 Å². The van der Waals surface area contributed by atoms with Gasteiger partial charge in [0.05, 0.1) is 17.9 Å². The van der Waals surface area contributed by atoms with Gasteiger partial charge in [0.2, 0.25) is 5.65 Å². The van der Waals surface area contributed by atoms with Crippen molar-refractivity contribution in [3.8, 4) is 0 Å². The highest BCUT2D eigenvalue weighted by molar-refractivity contribution is 6.29. The number of anilines is 1. The van der Waals surface area contributed by atoms with Crippen LogP contribution in [0.2, 0.25) is 5.15 Å². The van der Waals surface area contributed by atoms with E-state index < -0.39 is 0 Å². The highest BCUT2D eigenvalue weighted by Gasteiger charge is 2.06. The van der Waals surface area contributed by atoms with Crippen molar-refractivity contribution in [2.45, 2.75) is 6.54 Å². The molecular formula is C11H9ClN6. The van der Waals surface area contributed by atoms with E-state index in [2.05, 4.69) is 25.6 Å². The number of halogens is 1. The number of nitrogens with one attached hydrogen (secondary N) is 1. The summed E-state index contributed by atoms with van der Waals surface area (Å²) in [6, 6.07) is 7.48. The van der Waals surface area contributed by atoms with Gasteiger partial charge in [0.15, 0.2) is 5.15 Å². The van der Waals surface area contributed by atoms with Crippen LogP contribution in [0, 0.1) is 0 Å². The van der Waals surface area contributed by atoms with E-state index in [-0.39, 0.29) is 0 Å². The predicted octanol–water partition coefficient (Wildman–Crippen LogP) is 1.78. The summed E-state index contributed by atoms with van der Waals surface area (Å²) in [5.41, 5.74) is 2.34. The van der Waals surface area contributed by atoms with Gasteiger partial charge in [0, 0.05) is 12.3 Å². The minimum Gasteiger partial charge on any atom is -0.376 e. The molecule has 0 amide bonds. The van der Waals surface area contributed by atoms with Gasteiger partial charge in [-0.15, -0.1) is 10.2 Å². The van der Waals surface area contributed by atoms with E-state index >= 15 is 0 Å². The lowest BCUT2D eigenvalue weighted by molar-refractivity contribution is 0.923. The molecule has 0 aliphatic carbocycles. The Morgan fingerprint density at radius 2 is 2.28 bits per heavy atom. The highest BCUT2D eigenvalue weighted by atomic mass is 35.5. The van der Waals surface area contributed by atoms with Crippen LogP contribution in [0.1, 0.15) is 5.69 Å². The largest absolute Gasteiger partial charge is 0.376 e. The fourth-order valence-electron chi connectivity index (χ4n) is 1.61. The Morgan fingerprint density at radius 1 is 1.33 bits per heavy atom. The van der Waals surface area contributed by atoms with E-state index in [4.69, 9.17) is 11.6 Å². The predicted molar refractivity (Wildman–Crippen MR) is 67.4 cm³/mol. The van der Waals surface area contributed by atoms with Crippen LogP contribution < -0.4 is 5.32 Å². The van der Waals surface area contributed by atoms with Crippen LogP contribution in [0.5, 0.6) is 0 Å². The van der Waals surface area contributed by atoms with E-state index in [1.54, 1.807) is 12.3 Å². The Morgan fingerprint density at radius 3 is 3.11 bits per heavy atom. The Bertz CT molecular complexity index is 666. The molecule has 7 heteroatoms. The fraction of sp³-hybridized carbons (Fsp3) is 0.0909. The third-order valence-electron chi connectivity index (χ3n) is 2.42. The normalized spacial score (nSPS) is 10.7. The average molecular weight is 261 g/mol. The second-order valence-corrected chi connectivity index (χ2v) is 4.04. The van der Waals surface area contributed by atoms with E-state index in [1.165, 1.54) is 10.8 Å². The monoisotopic (exact) mass is 260 g/mol. The molecule has 0 aromatic carbocycles. The summed E-state index contributed by atoms with van der Waals surface area (Å²) in [5.74, 6) is 0. The van der Waals surface area contributed by atoms with Crippen molar-refractivity contribution in [1.82, 2.24) is 24.8 Å². The van der Waals surface area contributed by atoms with Gasteiger partial charge in [-0.1, -0.05) is 17.7 Å². The SMILES string of the molecule is Clc1cc(NCc2ccccn2)c2nncn2n1. The zero-order chi connectivity index (χ0) is 12.4. The number of pyridine rings is 1. The maximum atomic E-state index is 5.92. The van der Waals surface area contributed by atoms with E-state index in [1.807, 2.05) is 18.2 Å². The molecule has 0 spiro atoms. The minimum absolute atomic E-state index is 0.380. The molecule has 3 aromatic heterocycles. The van der Waals surface area contributed by atoms with E-state index in [9.17, 15) is 0 Å². The fourth-order valence-corrected chi connectivity index (χ4v) is 1.80. The molecule has 18 heavy (non-hydrogen) atoms. The van der Waals surface area contributed by atoms with Crippen molar-refractivity contribution >= 4 is 22.9 Å². The Kier molecular flexibility index (Phi) is 2.77. The minimum atomic E-state index is 0.380. The molecule has 3 rings (SSSR count). The first-order chi connectivity index (χ1) is 8.83. The Labute approximate surface area is 108 Å². The molecular weight excluding hydrogens is 252 g/mol. The number of fused-ring (bicyclic) bond motifs is 1. The molecule has 0 aliphatic rings. The van der Waals surface area contributed by atoms with Gasteiger partial charge in [-0.05, 0) is 12.1 Å². The topological polar surface area (TPSA) is 68.0 Å². The van der Waals surface area contributed by atoms with Crippen molar-refractivity contribution in [3.63, 3.8) is 0 Å². The van der Waals surface area contributed by atoms with Crippen molar-refractivity contribution in [2.24, 2.45) is 0 Å². The summed E-state index contributed by atoms with van der Waals surface area (Å²) in [4.78, 5) is 4.23. The van der Waals surface area contributed by atoms with Gasteiger partial charge in [0.25, 0.3) is 0 Å². The van der Waals surface area contributed by atoms with Crippen molar-refractivity contribution in [3.05, 3.63) is 47.6 Å². The molecule has 0 atom stereocenters. The lowest BCUT2D eigenvalue weighted by Crippen LogP contribution is -2.04. The zero-order valence-corrected chi connectivity index (χ0v) is 10.0. The van der Waals surface area contributed by atoms with Crippen molar-refractivity contribution in [1.29, 1.82) is 0 Å². The number of rotatable bonds is 3. The molecule has 90 valence electrons. The second-order valence-electron chi connectivity index (χ2n) is 3.65. The summed E-state index contributed by atoms with van der Waals surface area (Å²) in [7, 11) is 0. The van der Waals surface area contributed by atoms with Crippen LogP contribution in [0.15, 0.2) is 36.8 Å². The van der Waals surface area contributed by atoms with Gasteiger partial charge in [0.1, 0.15) is 6.33 Å². The molecule has 6 nitrogen and oxygen atoms in total. The summed E-state index contributed by atoms with van der Waals surface area (Å²) >= 11 is 5.92. The lowest BCUT2D eigenvalue weighted by atomic mass is 10.3. The molecule has 0 fully saturated rings. The maximum Gasteiger partial charge on any atom is 0.200 e. The van der Waals surface area contributed by atoms with Crippen molar-refractivity contribution < 1.29 is 0 Å². The number of hydrogen-bond acceptors (Lipinski definition) is 5. The number of aromatic nitrogens is 5. The van der Waals surface area contributed by atoms with Crippen LogP contribution in [0.25, 0.3) is 5.65 Å². The average Bonchev–Trinajstić information content (AvgIpc) is 2.85. The third-order valence-corrected chi connectivity index (χ3v) is 2.61. The quantitative estimate of drug-likeness (QED) is 0.778. The van der Waals surface area contributed by atoms with Gasteiger partial charge < -0.3 is 5.32 Å². The van der Waals surface area contributed by atoms with Crippen LogP contribution in [-0.4, -0.2) is 24.8 Å². The van der Waals surface area contributed by atoms with Gasteiger partial charge in [-0.3, -0.25) is 4.98 Å². The summed E-state index contributed by atoms with van der Waals surface area (Å²) in [5, 5.41) is 15.4. The maximum absolute atomic E-state index is 5.92. The molecule has 0 radical (unpaired) electrons. The molecule has 0 saturated heterocycles. The molecule has 3 heterocycles. The van der Waals surface area contributed by atoms with E-state index in [0.717, 1.165) is 11.4 Å². The first-order valence-electron chi connectivity index (χ1n) is 5.33. The molecule has 0 bridgehead atoms.